The normalized spacial score (nSPS) is 11.6. The number of thioether (sulfide) groups is 1. The molecule has 0 bridgehead atoms. The molecule has 0 aromatic heterocycles. The third-order valence-corrected chi connectivity index (χ3v) is 2.99. The average Bonchev–Trinajstić information content (AvgIpc) is 2.16. The fourth-order valence-electron chi connectivity index (χ4n) is 0.909. The van der Waals surface area contributed by atoms with Crippen molar-refractivity contribution in [3.8, 4) is 11.5 Å². The molecule has 0 spiro atoms. The number of aromatic hydroxyl groups is 2. The van der Waals surface area contributed by atoms with Crippen LogP contribution in [0.5, 0.6) is 11.5 Å². The van der Waals surface area contributed by atoms with Crippen LogP contribution in [0.2, 0.25) is 0 Å². The molecule has 0 amide bonds. The summed E-state index contributed by atoms with van der Waals surface area (Å²) in [7, 11) is -4.42. The number of phenolic OH excluding ortho intramolecular Hbond substituents is 2. The average molecular weight is 266 g/mol. The second-order valence-corrected chi connectivity index (χ2v) is 4.98. The summed E-state index contributed by atoms with van der Waals surface area (Å²) >= 11 is 1.09. The number of hydrogen-bond acceptors (Lipinski definition) is 6. The van der Waals surface area contributed by atoms with Gasteiger partial charge in [0.05, 0.1) is 11.5 Å². The minimum absolute atomic E-state index is 0.00371. The van der Waals surface area contributed by atoms with E-state index in [-0.39, 0.29) is 23.9 Å². The van der Waals surface area contributed by atoms with Gasteiger partial charge >= 0.3 is 10.4 Å². The quantitative estimate of drug-likeness (QED) is 0.316. The molecular formula is C8H10O6S2. The highest BCUT2D eigenvalue weighted by Crippen LogP contribution is 2.31. The van der Waals surface area contributed by atoms with Crippen LogP contribution in [0.3, 0.4) is 0 Å². The van der Waals surface area contributed by atoms with E-state index in [1.807, 2.05) is 0 Å². The largest absolute Gasteiger partial charge is 0.508 e. The Morgan fingerprint density at radius 3 is 2.62 bits per heavy atom. The maximum atomic E-state index is 10.2. The van der Waals surface area contributed by atoms with Crippen molar-refractivity contribution < 1.29 is 27.4 Å². The summed E-state index contributed by atoms with van der Waals surface area (Å²) in [5.41, 5.74) is 0. The van der Waals surface area contributed by atoms with Crippen molar-refractivity contribution in [3.05, 3.63) is 18.2 Å². The van der Waals surface area contributed by atoms with E-state index < -0.39 is 10.4 Å². The van der Waals surface area contributed by atoms with Gasteiger partial charge in [-0.3, -0.25) is 4.55 Å². The van der Waals surface area contributed by atoms with Crippen molar-refractivity contribution in [1.82, 2.24) is 0 Å². The van der Waals surface area contributed by atoms with Gasteiger partial charge in [0.1, 0.15) is 11.5 Å². The smallest absolute Gasteiger partial charge is 0.397 e. The Bertz CT molecular complexity index is 456. The first kappa shape index (κ1) is 13.1. The van der Waals surface area contributed by atoms with Gasteiger partial charge in [0, 0.05) is 5.75 Å². The number of phenols is 2. The summed E-state index contributed by atoms with van der Waals surface area (Å²) < 4.78 is 32.7. The van der Waals surface area contributed by atoms with E-state index in [2.05, 4.69) is 4.18 Å². The first-order valence-electron chi connectivity index (χ1n) is 4.15. The number of rotatable bonds is 5. The van der Waals surface area contributed by atoms with Crippen LogP contribution in [0.4, 0.5) is 0 Å². The minimum Gasteiger partial charge on any atom is -0.508 e. The summed E-state index contributed by atoms with van der Waals surface area (Å²) in [5.74, 6) is 0.183. The Morgan fingerprint density at radius 1 is 1.31 bits per heavy atom. The van der Waals surface area contributed by atoms with Crippen LogP contribution in [0, 0.1) is 0 Å². The summed E-state index contributed by atoms with van der Waals surface area (Å²) in [5, 5.41) is 18.5. The van der Waals surface area contributed by atoms with Gasteiger partial charge in [-0.15, -0.1) is 11.8 Å². The van der Waals surface area contributed by atoms with E-state index in [1.54, 1.807) is 0 Å². The second-order valence-electron chi connectivity index (χ2n) is 2.75. The molecule has 0 heterocycles. The lowest BCUT2D eigenvalue weighted by Gasteiger charge is -2.04. The molecule has 6 nitrogen and oxygen atoms in total. The molecule has 16 heavy (non-hydrogen) atoms. The third kappa shape index (κ3) is 4.71. The van der Waals surface area contributed by atoms with Crippen molar-refractivity contribution >= 4 is 22.2 Å². The second kappa shape index (κ2) is 5.39. The zero-order valence-electron chi connectivity index (χ0n) is 8.03. The highest BCUT2D eigenvalue weighted by molar-refractivity contribution is 7.99. The Hall–Kier alpha value is -0.960. The molecule has 3 N–H and O–H groups in total. The van der Waals surface area contributed by atoms with E-state index in [0.29, 0.717) is 4.90 Å². The van der Waals surface area contributed by atoms with Gasteiger partial charge in [0.2, 0.25) is 0 Å². The maximum absolute atomic E-state index is 10.2. The standard InChI is InChI=1S/C8H10O6S2/c9-6-1-2-7(10)8(5-6)15-4-3-14-16(11,12)13/h1-2,5,9-10H,3-4H2,(H,11,12,13). The molecule has 0 atom stereocenters. The lowest BCUT2D eigenvalue weighted by molar-refractivity contribution is 0.285. The van der Waals surface area contributed by atoms with Gasteiger partial charge in [0.15, 0.2) is 0 Å². The molecule has 0 radical (unpaired) electrons. The molecule has 0 aliphatic heterocycles. The fraction of sp³-hybridized carbons (Fsp3) is 0.250. The molecule has 0 aliphatic rings. The van der Waals surface area contributed by atoms with Crippen LogP contribution in [-0.2, 0) is 14.6 Å². The van der Waals surface area contributed by atoms with Crippen LogP contribution in [0.15, 0.2) is 23.1 Å². The van der Waals surface area contributed by atoms with Crippen LogP contribution < -0.4 is 0 Å². The summed E-state index contributed by atoms with van der Waals surface area (Å²) in [4.78, 5) is 0.402. The van der Waals surface area contributed by atoms with Crippen molar-refractivity contribution in [3.63, 3.8) is 0 Å². The molecule has 1 aromatic rings. The molecule has 0 saturated carbocycles. The Labute approximate surface area is 96.8 Å². The molecule has 1 aromatic carbocycles. The van der Waals surface area contributed by atoms with Crippen LogP contribution >= 0.6 is 11.8 Å². The zero-order chi connectivity index (χ0) is 12.2. The maximum Gasteiger partial charge on any atom is 0.397 e. The van der Waals surface area contributed by atoms with E-state index in [4.69, 9.17) is 9.66 Å². The van der Waals surface area contributed by atoms with Gasteiger partial charge < -0.3 is 10.2 Å². The highest BCUT2D eigenvalue weighted by atomic mass is 32.3. The van der Waals surface area contributed by atoms with Gasteiger partial charge in [-0.05, 0) is 18.2 Å². The Morgan fingerprint density at radius 2 is 2.00 bits per heavy atom. The molecule has 8 heteroatoms. The number of hydrogen-bond donors (Lipinski definition) is 3. The lowest BCUT2D eigenvalue weighted by Crippen LogP contribution is -2.06. The molecule has 1 rings (SSSR count). The van der Waals surface area contributed by atoms with Crippen molar-refractivity contribution in [2.45, 2.75) is 4.90 Å². The Balaban J connectivity index is 2.46. The minimum atomic E-state index is -4.42. The van der Waals surface area contributed by atoms with Crippen LogP contribution in [0.1, 0.15) is 0 Å². The van der Waals surface area contributed by atoms with Crippen LogP contribution in [-0.4, -0.2) is 35.5 Å². The van der Waals surface area contributed by atoms with Gasteiger partial charge in [-0.2, -0.15) is 8.42 Å². The molecule has 0 aliphatic carbocycles. The Kier molecular flexibility index (Phi) is 4.42. The predicted molar refractivity (Wildman–Crippen MR) is 58.0 cm³/mol. The van der Waals surface area contributed by atoms with Crippen molar-refractivity contribution in [2.75, 3.05) is 12.4 Å². The highest BCUT2D eigenvalue weighted by Gasteiger charge is 2.06. The first-order chi connectivity index (χ1) is 7.38. The summed E-state index contributed by atoms with van der Waals surface area (Å²) in [6.45, 7) is -0.224. The zero-order valence-corrected chi connectivity index (χ0v) is 9.66. The fourth-order valence-corrected chi connectivity index (χ4v) is 2.12. The SMILES string of the molecule is O=S(=O)(O)OCCSc1cc(O)ccc1O. The van der Waals surface area contributed by atoms with E-state index in [0.717, 1.165) is 11.8 Å². The molecule has 0 saturated heterocycles. The van der Waals surface area contributed by atoms with Crippen molar-refractivity contribution in [2.24, 2.45) is 0 Å². The molecule has 90 valence electrons. The third-order valence-electron chi connectivity index (χ3n) is 1.52. The monoisotopic (exact) mass is 266 g/mol. The lowest BCUT2D eigenvalue weighted by atomic mass is 10.3. The molecular weight excluding hydrogens is 256 g/mol. The van der Waals surface area contributed by atoms with E-state index in [1.165, 1.54) is 18.2 Å². The van der Waals surface area contributed by atoms with Gasteiger partial charge in [-0.25, -0.2) is 4.18 Å². The van der Waals surface area contributed by atoms with E-state index in [9.17, 15) is 13.5 Å². The molecule has 0 unspecified atom stereocenters. The first-order valence-corrected chi connectivity index (χ1v) is 6.50. The van der Waals surface area contributed by atoms with Gasteiger partial charge in [0.25, 0.3) is 0 Å². The van der Waals surface area contributed by atoms with E-state index >= 15 is 0 Å². The predicted octanol–water partition coefficient (Wildman–Crippen LogP) is 1.01. The summed E-state index contributed by atoms with van der Waals surface area (Å²) in [6.07, 6.45) is 0. The topological polar surface area (TPSA) is 104 Å². The summed E-state index contributed by atoms with van der Waals surface area (Å²) in [6, 6.07) is 3.99. The number of benzene rings is 1. The van der Waals surface area contributed by atoms with Crippen LogP contribution in [0.25, 0.3) is 0 Å². The van der Waals surface area contributed by atoms with Gasteiger partial charge in [-0.1, -0.05) is 0 Å². The molecule has 0 fully saturated rings. The van der Waals surface area contributed by atoms with Crippen molar-refractivity contribution in [1.29, 1.82) is 0 Å².